The summed E-state index contributed by atoms with van der Waals surface area (Å²) in [5.74, 6) is -1.28. The van der Waals surface area contributed by atoms with Crippen molar-refractivity contribution in [2.75, 3.05) is 18.4 Å². The Kier molecular flexibility index (Phi) is 4.39. The summed E-state index contributed by atoms with van der Waals surface area (Å²) in [6, 6.07) is 2.87. The molecule has 1 aliphatic rings. The van der Waals surface area contributed by atoms with Crippen LogP contribution in [0.4, 0.5) is 23.2 Å². The van der Waals surface area contributed by atoms with Crippen LogP contribution in [0.1, 0.15) is 25.3 Å². The quantitative estimate of drug-likeness (QED) is 0.851. The highest BCUT2D eigenvalue weighted by molar-refractivity contribution is 5.73. The van der Waals surface area contributed by atoms with Crippen LogP contribution < -0.4 is 5.32 Å². The monoisotopic (exact) mass is 304 g/mol. The molecule has 1 heterocycles. The number of hydrogen-bond acceptors (Lipinski definition) is 2. The summed E-state index contributed by atoms with van der Waals surface area (Å²) in [7, 11) is 0. The number of likely N-dealkylation sites (tertiary alicyclic amines) is 1. The Balaban J connectivity index is 2.03. The number of carbonyl (C=O) groups excluding carboxylic acids is 1. The van der Waals surface area contributed by atoms with Crippen LogP contribution in [0.25, 0.3) is 0 Å². The fourth-order valence-electron chi connectivity index (χ4n) is 2.41. The minimum atomic E-state index is -4.71. The van der Waals surface area contributed by atoms with Crippen molar-refractivity contribution in [2.45, 2.75) is 32.0 Å². The minimum Gasteiger partial charge on any atom is -0.382 e. The van der Waals surface area contributed by atoms with Gasteiger partial charge in [-0.25, -0.2) is 4.39 Å². The zero-order valence-electron chi connectivity index (χ0n) is 11.5. The van der Waals surface area contributed by atoms with Gasteiger partial charge in [0.05, 0.1) is 5.56 Å². The van der Waals surface area contributed by atoms with Gasteiger partial charge >= 0.3 is 6.18 Å². The molecule has 1 aromatic rings. The van der Waals surface area contributed by atoms with Crippen molar-refractivity contribution in [2.24, 2.45) is 0 Å². The van der Waals surface area contributed by atoms with E-state index in [-0.39, 0.29) is 17.6 Å². The zero-order chi connectivity index (χ0) is 15.6. The number of nitrogens with one attached hydrogen (secondary N) is 1. The Bertz CT molecular complexity index is 522. The van der Waals surface area contributed by atoms with Gasteiger partial charge in [0.1, 0.15) is 5.82 Å². The molecule has 0 saturated carbocycles. The van der Waals surface area contributed by atoms with E-state index in [9.17, 15) is 22.4 Å². The average molecular weight is 304 g/mol. The second kappa shape index (κ2) is 5.91. The lowest BCUT2D eigenvalue weighted by atomic mass is 10.0. The number of benzene rings is 1. The van der Waals surface area contributed by atoms with Gasteiger partial charge in [-0.1, -0.05) is 0 Å². The van der Waals surface area contributed by atoms with Crippen LogP contribution in [-0.4, -0.2) is 29.9 Å². The largest absolute Gasteiger partial charge is 0.419 e. The first-order chi connectivity index (χ1) is 9.77. The van der Waals surface area contributed by atoms with Crippen LogP contribution in [0.5, 0.6) is 0 Å². The maximum atomic E-state index is 13.2. The van der Waals surface area contributed by atoms with E-state index >= 15 is 0 Å². The Labute approximate surface area is 119 Å². The SMILES string of the molecule is CC(=O)N1CCC(Nc2ccc(F)c(C(F)(F)F)c2)CC1. The van der Waals surface area contributed by atoms with Gasteiger partial charge in [-0.3, -0.25) is 4.79 Å². The maximum Gasteiger partial charge on any atom is 0.419 e. The van der Waals surface area contributed by atoms with Crippen LogP contribution in [0.2, 0.25) is 0 Å². The Morgan fingerprint density at radius 1 is 1.29 bits per heavy atom. The second-order valence-corrected chi connectivity index (χ2v) is 5.12. The van der Waals surface area contributed by atoms with Crippen molar-refractivity contribution < 1.29 is 22.4 Å². The molecule has 0 aromatic heterocycles. The molecule has 116 valence electrons. The fraction of sp³-hybridized carbons (Fsp3) is 0.500. The Morgan fingerprint density at radius 2 is 1.90 bits per heavy atom. The van der Waals surface area contributed by atoms with Gasteiger partial charge in [0.25, 0.3) is 0 Å². The summed E-state index contributed by atoms with van der Waals surface area (Å²) < 4.78 is 51.1. The van der Waals surface area contributed by atoms with Gasteiger partial charge < -0.3 is 10.2 Å². The highest BCUT2D eigenvalue weighted by atomic mass is 19.4. The highest BCUT2D eigenvalue weighted by Gasteiger charge is 2.34. The molecular weight excluding hydrogens is 288 g/mol. The number of halogens is 4. The second-order valence-electron chi connectivity index (χ2n) is 5.12. The maximum absolute atomic E-state index is 13.2. The molecular formula is C14H16F4N2O. The van der Waals surface area contributed by atoms with Gasteiger partial charge in [0.2, 0.25) is 5.91 Å². The van der Waals surface area contributed by atoms with Crippen molar-refractivity contribution in [1.82, 2.24) is 4.90 Å². The third kappa shape index (κ3) is 3.86. The van der Waals surface area contributed by atoms with Crippen molar-refractivity contribution >= 4 is 11.6 Å². The molecule has 1 fully saturated rings. The molecule has 1 amide bonds. The topological polar surface area (TPSA) is 32.3 Å². The summed E-state index contributed by atoms with van der Waals surface area (Å²) in [5.41, 5.74) is -1.03. The smallest absolute Gasteiger partial charge is 0.382 e. The lowest BCUT2D eigenvalue weighted by molar-refractivity contribution is -0.140. The standard InChI is InChI=1S/C14H16F4N2O/c1-9(21)20-6-4-10(5-7-20)19-11-2-3-13(15)12(8-11)14(16,17)18/h2-3,8,10,19H,4-7H2,1H3. The molecule has 1 saturated heterocycles. The van der Waals surface area contributed by atoms with E-state index in [0.717, 1.165) is 12.1 Å². The van der Waals surface area contributed by atoms with Crippen LogP contribution in [0, 0.1) is 5.82 Å². The normalized spacial score (nSPS) is 16.9. The first-order valence-electron chi connectivity index (χ1n) is 6.66. The van der Waals surface area contributed by atoms with Crippen molar-refractivity contribution in [3.05, 3.63) is 29.6 Å². The number of amides is 1. The van der Waals surface area contributed by atoms with E-state index in [1.165, 1.54) is 13.0 Å². The third-order valence-corrected chi connectivity index (χ3v) is 3.58. The first-order valence-corrected chi connectivity index (χ1v) is 6.66. The number of rotatable bonds is 2. The zero-order valence-corrected chi connectivity index (χ0v) is 11.5. The average Bonchev–Trinajstić information content (AvgIpc) is 2.40. The van der Waals surface area contributed by atoms with Crippen LogP contribution in [0.3, 0.4) is 0 Å². The molecule has 3 nitrogen and oxygen atoms in total. The summed E-state index contributed by atoms with van der Waals surface area (Å²) in [6.45, 7) is 2.63. The molecule has 0 radical (unpaired) electrons. The number of carbonyl (C=O) groups is 1. The van der Waals surface area contributed by atoms with Gasteiger partial charge in [-0.15, -0.1) is 0 Å². The number of anilines is 1. The highest BCUT2D eigenvalue weighted by Crippen LogP contribution is 2.33. The van der Waals surface area contributed by atoms with E-state index in [1.807, 2.05) is 0 Å². The van der Waals surface area contributed by atoms with E-state index in [1.54, 1.807) is 4.90 Å². The molecule has 7 heteroatoms. The predicted octanol–water partition coefficient (Wildman–Crippen LogP) is 3.27. The molecule has 21 heavy (non-hydrogen) atoms. The summed E-state index contributed by atoms with van der Waals surface area (Å²) in [6.07, 6.45) is -3.41. The summed E-state index contributed by atoms with van der Waals surface area (Å²) in [5, 5.41) is 2.98. The van der Waals surface area contributed by atoms with Crippen LogP contribution in [-0.2, 0) is 11.0 Å². The predicted molar refractivity (Wildman–Crippen MR) is 70.3 cm³/mol. The molecule has 2 rings (SSSR count). The molecule has 1 aliphatic heterocycles. The molecule has 0 atom stereocenters. The number of piperidine rings is 1. The molecule has 0 bridgehead atoms. The number of hydrogen-bond donors (Lipinski definition) is 1. The lowest BCUT2D eigenvalue weighted by Crippen LogP contribution is -2.41. The van der Waals surface area contributed by atoms with Crippen molar-refractivity contribution in [3.63, 3.8) is 0 Å². The molecule has 0 unspecified atom stereocenters. The molecule has 0 spiro atoms. The van der Waals surface area contributed by atoms with Gasteiger partial charge in [0.15, 0.2) is 0 Å². The van der Waals surface area contributed by atoms with Crippen LogP contribution in [0.15, 0.2) is 18.2 Å². The number of nitrogens with zero attached hydrogens (tertiary/aromatic N) is 1. The Morgan fingerprint density at radius 3 is 2.43 bits per heavy atom. The molecule has 0 aliphatic carbocycles. The molecule has 1 aromatic carbocycles. The Hall–Kier alpha value is -1.79. The minimum absolute atomic E-state index is 0.00501. The summed E-state index contributed by atoms with van der Waals surface area (Å²) in [4.78, 5) is 12.9. The van der Waals surface area contributed by atoms with Crippen molar-refractivity contribution in [3.8, 4) is 0 Å². The fourth-order valence-corrected chi connectivity index (χ4v) is 2.41. The number of alkyl halides is 3. The van der Waals surface area contributed by atoms with E-state index in [2.05, 4.69) is 5.32 Å². The van der Waals surface area contributed by atoms with E-state index in [4.69, 9.17) is 0 Å². The van der Waals surface area contributed by atoms with Gasteiger partial charge in [-0.2, -0.15) is 13.2 Å². The van der Waals surface area contributed by atoms with Crippen LogP contribution >= 0.6 is 0 Å². The van der Waals surface area contributed by atoms with E-state index < -0.39 is 17.6 Å². The van der Waals surface area contributed by atoms with Crippen molar-refractivity contribution in [1.29, 1.82) is 0 Å². The van der Waals surface area contributed by atoms with Gasteiger partial charge in [0, 0.05) is 31.7 Å². The first kappa shape index (κ1) is 15.6. The lowest BCUT2D eigenvalue weighted by Gasteiger charge is -2.32. The summed E-state index contributed by atoms with van der Waals surface area (Å²) >= 11 is 0. The van der Waals surface area contributed by atoms with E-state index in [0.29, 0.717) is 25.9 Å². The third-order valence-electron chi connectivity index (χ3n) is 3.58. The molecule has 1 N–H and O–H groups in total. The van der Waals surface area contributed by atoms with Gasteiger partial charge in [-0.05, 0) is 31.0 Å².